The van der Waals surface area contributed by atoms with Gasteiger partial charge in [0.05, 0.1) is 12.2 Å². The van der Waals surface area contributed by atoms with E-state index in [4.69, 9.17) is 11.6 Å². The van der Waals surface area contributed by atoms with Crippen molar-refractivity contribution in [2.75, 3.05) is 6.54 Å². The molecular formula is C11H16ClN3O. The highest BCUT2D eigenvalue weighted by Gasteiger charge is 2.22. The van der Waals surface area contributed by atoms with Crippen LogP contribution < -0.4 is 5.32 Å². The molecule has 0 aromatic carbocycles. The molecule has 1 aliphatic carbocycles. The lowest BCUT2D eigenvalue weighted by molar-refractivity contribution is -0.117. The average Bonchev–Trinajstić information content (AvgIpc) is 3.01. The summed E-state index contributed by atoms with van der Waals surface area (Å²) >= 11 is 6.06. The predicted molar refractivity (Wildman–Crippen MR) is 62.7 cm³/mol. The van der Waals surface area contributed by atoms with Gasteiger partial charge in [0.1, 0.15) is 5.15 Å². The molecule has 5 heteroatoms. The van der Waals surface area contributed by atoms with E-state index in [1.807, 2.05) is 6.92 Å². The number of aromatic nitrogens is 2. The number of carbonyl (C=O) groups excluding carboxylic acids is 1. The molecule has 0 bridgehead atoms. The molecule has 1 aliphatic rings. The van der Waals surface area contributed by atoms with Crippen molar-refractivity contribution in [3.63, 3.8) is 0 Å². The molecule has 0 saturated heterocycles. The highest BCUT2D eigenvalue weighted by atomic mass is 35.5. The fourth-order valence-corrected chi connectivity index (χ4v) is 1.92. The summed E-state index contributed by atoms with van der Waals surface area (Å²) in [6, 6.07) is 0.564. The SMILES string of the molecule is Cc1nn(C)c(Cl)c1CC(=O)CNC1CC1. The van der Waals surface area contributed by atoms with Gasteiger partial charge in [0, 0.05) is 25.1 Å². The smallest absolute Gasteiger partial charge is 0.151 e. The summed E-state index contributed by atoms with van der Waals surface area (Å²) < 4.78 is 1.60. The molecule has 88 valence electrons. The zero-order valence-corrected chi connectivity index (χ0v) is 10.3. The van der Waals surface area contributed by atoms with E-state index in [2.05, 4.69) is 10.4 Å². The van der Waals surface area contributed by atoms with Crippen molar-refractivity contribution in [1.29, 1.82) is 0 Å². The number of carbonyl (C=O) groups is 1. The zero-order chi connectivity index (χ0) is 11.7. The summed E-state index contributed by atoms with van der Waals surface area (Å²) in [5.74, 6) is 0.171. The number of nitrogens with one attached hydrogen (secondary N) is 1. The molecule has 0 atom stereocenters. The highest BCUT2D eigenvalue weighted by Crippen LogP contribution is 2.20. The minimum Gasteiger partial charge on any atom is -0.307 e. The van der Waals surface area contributed by atoms with Crippen LogP contribution in [-0.4, -0.2) is 28.2 Å². The molecule has 1 heterocycles. The quantitative estimate of drug-likeness (QED) is 0.844. The molecule has 1 fully saturated rings. The Hall–Kier alpha value is -0.870. The molecule has 2 rings (SSSR count). The monoisotopic (exact) mass is 241 g/mol. The van der Waals surface area contributed by atoms with Crippen molar-refractivity contribution in [2.45, 2.75) is 32.2 Å². The summed E-state index contributed by atoms with van der Waals surface area (Å²) in [6.07, 6.45) is 2.76. The van der Waals surface area contributed by atoms with Gasteiger partial charge in [-0.25, -0.2) is 0 Å². The number of hydrogen-bond acceptors (Lipinski definition) is 3. The maximum absolute atomic E-state index is 11.7. The number of ketones is 1. The van der Waals surface area contributed by atoms with Crippen molar-refractivity contribution >= 4 is 17.4 Å². The molecule has 1 aromatic rings. The maximum Gasteiger partial charge on any atom is 0.151 e. The second kappa shape index (κ2) is 4.55. The van der Waals surface area contributed by atoms with Crippen molar-refractivity contribution < 1.29 is 4.79 Å². The van der Waals surface area contributed by atoms with E-state index >= 15 is 0 Å². The summed E-state index contributed by atoms with van der Waals surface area (Å²) in [5, 5.41) is 7.95. The normalized spacial score (nSPS) is 15.4. The predicted octanol–water partition coefficient (Wildman–Crippen LogP) is 1.25. The summed E-state index contributed by atoms with van der Waals surface area (Å²) in [6.45, 7) is 2.32. The Labute approximate surface area is 100.0 Å². The maximum atomic E-state index is 11.7. The highest BCUT2D eigenvalue weighted by molar-refractivity contribution is 6.30. The van der Waals surface area contributed by atoms with Crippen LogP contribution in [0.3, 0.4) is 0 Å². The van der Waals surface area contributed by atoms with E-state index in [1.54, 1.807) is 11.7 Å². The third kappa shape index (κ3) is 2.62. The lowest BCUT2D eigenvalue weighted by Crippen LogP contribution is -2.26. The van der Waals surface area contributed by atoms with Crippen LogP contribution in [-0.2, 0) is 18.3 Å². The number of aryl methyl sites for hydroxylation is 2. The van der Waals surface area contributed by atoms with Crippen molar-refractivity contribution in [1.82, 2.24) is 15.1 Å². The van der Waals surface area contributed by atoms with E-state index in [-0.39, 0.29) is 5.78 Å². The minimum atomic E-state index is 0.171. The fourth-order valence-electron chi connectivity index (χ4n) is 1.68. The van der Waals surface area contributed by atoms with Crippen LogP contribution in [0.4, 0.5) is 0 Å². The van der Waals surface area contributed by atoms with Gasteiger partial charge < -0.3 is 5.32 Å². The summed E-state index contributed by atoms with van der Waals surface area (Å²) in [5.41, 5.74) is 1.69. The molecular weight excluding hydrogens is 226 g/mol. The van der Waals surface area contributed by atoms with Crippen LogP contribution in [0.15, 0.2) is 0 Å². The minimum absolute atomic E-state index is 0.171. The van der Waals surface area contributed by atoms with E-state index in [0.717, 1.165) is 11.3 Å². The first kappa shape index (κ1) is 11.6. The van der Waals surface area contributed by atoms with E-state index in [1.165, 1.54) is 12.8 Å². The third-order valence-corrected chi connectivity index (χ3v) is 3.28. The summed E-state index contributed by atoms with van der Waals surface area (Å²) in [7, 11) is 1.78. The van der Waals surface area contributed by atoms with E-state index in [9.17, 15) is 4.79 Å². The van der Waals surface area contributed by atoms with Gasteiger partial charge in [-0.05, 0) is 19.8 Å². The largest absolute Gasteiger partial charge is 0.307 e. The van der Waals surface area contributed by atoms with Gasteiger partial charge in [-0.1, -0.05) is 11.6 Å². The average molecular weight is 242 g/mol. The van der Waals surface area contributed by atoms with Crippen LogP contribution in [0.1, 0.15) is 24.1 Å². The lowest BCUT2D eigenvalue weighted by Gasteiger charge is -2.02. The molecule has 1 N–H and O–H groups in total. The fraction of sp³-hybridized carbons (Fsp3) is 0.636. The van der Waals surface area contributed by atoms with Gasteiger partial charge in [-0.3, -0.25) is 9.48 Å². The number of rotatable bonds is 5. The van der Waals surface area contributed by atoms with Gasteiger partial charge in [-0.2, -0.15) is 5.10 Å². The van der Waals surface area contributed by atoms with Crippen LogP contribution in [0.25, 0.3) is 0 Å². The van der Waals surface area contributed by atoms with Gasteiger partial charge in [0.2, 0.25) is 0 Å². The Bertz CT molecular complexity index is 410. The Morgan fingerprint density at radius 3 is 2.81 bits per heavy atom. The van der Waals surface area contributed by atoms with Crippen LogP contribution >= 0.6 is 11.6 Å². The topological polar surface area (TPSA) is 46.9 Å². The molecule has 0 unspecified atom stereocenters. The molecule has 0 radical (unpaired) electrons. The van der Waals surface area contributed by atoms with E-state index < -0.39 is 0 Å². The van der Waals surface area contributed by atoms with Crippen molar-refractivity contribution in [3.8, 4) is 0 Å². The number of hydrogen-bond donors (Lipinski definition) is 1. The molecule has 1 aromatic heterocycles. The number of nitrogens with zero attached hydrogens (tertiary/aromatic N) is 2. The molecule has 4 nitrogen and oxygen atoms in total. The number of Topliss-reactive ketones (excluding diaryl/α,β-unsaturated/α-hetero) is 1. The van der Waals surface area contributed by atoms with Gasteiger partial charge >= 0.3 is 0 Å². The summed E-state index contributed by atoms with van der Waals surface area (Å²) in [4.78, 5) is 11.7. The first-order valence-electron chi connectivity index (χ1n) is 5.51. The second-order valence-corrected chi connectivity index (χ2v) is 4.71. The second-order valence-electron chi connectivity index (χ2n) is 4.35. The zero-order valence-electron chi connectivity index (χ0n) is 9.59. The first-order chi connectivity index (χ1) is 7.58. The molecule has 0 spiro atoms. The molecule has 0 aliphatic heterocycles. The van der Waals surface area contributed by atoms with Gasteiger partial charge in [0.15, 0.2) is 5.78 Å². The van der Waals surface area contributed by atoms with Crippen LogP contribution in [0, 0.1) is 6.92 Å². The van der Waals surface area contributed by atoms with Crippen molar-refractivity contribution in [2.24, 2.45) is 7.05 Å². The van der Waals surface area contributed by atoms with E-state index in [0.29, 0.717) is 24.2 Å². The Kier molecular flexibility index (Phi) is 3.30. The van der Waals surface area contributed by atoms with Crippen molar-refractivity contribution in [3.05, 3.63) is 16.4 Å². The Morgan fingerprint density at radius 1 is 1.62 bits per heavy atom. The number of halogens is 1. The molecule has 0 amide bonds. The van der Waals surface area contributed by atoms with Crippen LogP contribution in [0.5, 0.6) is 0 Å². The van der Waals surface area contributed by atoms with Crippen LogP contribution in [0.2, 0.25) is 5.15 Å². The Morgan fingerprint density at radius 2 is 2.31 bits per heavy atom. The standard InChI is InChI=1S/C11H16ClN3O/c1-7-10(11(12)15(2)14-7)5-9(16)6-13-8-3-4-8/h8,13H,3-6H2,1-2H3. The molecule has 1 saturated carbocycles. The Balaban J connectivity index is 1.93. The van der Waals surface area contributed by atoms with Gasteiger partial charge in [-0.15, -0.1) is 0 Å². The lowest BCUT2D eigenvalue weighted by atomic mass is 10.1. The third-order valence-electron chi connectivity index (χ3n) is 2.81. The van der Waals surface area contributed by atoms with Gasteiger partial charge in [0.25, 0.3) is 0 Å². The molecule has 16 heavy (non-hydrogen) atoms. The first-order valence-corrected chi connectivity index (χ1v) is 5.88.